The molecule has 0 bridgehead atoms. The molecule has 0 aromatic carbocycles. The Morgan fingerprint density at radius 1 is 1.32 bits per heavy atom. The first-order valence-electron chi connectivity index (χ1n) is 7.24. The third kappa shape index (κ3) is 2.97. The fraction of sp³-hybridized carbons (Fsp3) is 0.714. The number of aromatic amines is 1. The number of rotatable bonds is 4. The zero-order valence-corrected chi connectivity index (χ0v) is 11.1. The highest BCUT2D eigenvalue weighted by Gasteiger charge is 2.29. The minimum Gasteiger partial charge on any atom is -0.474 e. The van der Waals surface area contributed by atoms with E-state index in [0.29, 0.717) is 24.3 Å². The average molecular weight is 263 g/mol. The van der Waals surface area contributed by atoms with Crippen LogP contribution in [0.25, 0.3) is 0 Å². The van der Waals surface area contributed by atoms with Crippen molar-refractivity contribution in [2.24, 2.45) is 11.7 Å². The fourth-order valence-corrected chi connectivity index (χ4v) is 2.82. The van der Waals surface area contributed by atoms with Gasteiger partial charge in [0.15, 0.2) is 0 Å². The highest BCUT2D eigenvalue weighted by Crippen LogP contribution is 2.38. The van der Waals surface area contributed by atoms with Gasteiger partial charge in [0, 0.05) is 11.8 Å². The second-order valence-electron chi connectivity index (χ2n) is 5.68. The molecule has 2 fully saturated rings. The van der Waals surface area contributed by atoms with Crippen molar-refractivity contribution in [1.29, 1.82) is 0 Å². The minimum atomic E-state index is -0.119. The highest BCUT2D eigenvalue weighted by molar-refractivity contribution is 5.14. The monoisotopic (exact) mass is 263 g/mol. The molecule has 0 saturated heterocycles. The molecule has 1 heterocycles. The number of aromatic nitrogens is 2. The summed E-state index contributed by atoms with van der Waals surface area (Å²) < 4.78 is 5.95. The maximum Gasteiger partial charge on any atom is 0.254 e. The smallest absolute Gasteiger partial charge is 0.254 e. The van der Waals surface area contributed by atoms with Crippen LogP contribution in [0.15, 0.2) is 10.9 Å². The molecule has 3 rings (SSSR count). The largest absolute Gasteiger partial charge is 0.474 e. The molecule has 2 atom stereocenters. The van der Waals surface area contributed by atoms with Crippen LogP contribution in [-0.2, 0) is 0 Å². The predicted octanol–water partition coefficient (Wildman–Crippen LogP) is 1.54. The van der Waals surface area contributed by atoms with Crippen LogP contribution in [-0.4, -0.2) is 22.6 Å². The van der Waals surface area contributed by atoms with Gasteiger partial charge in [-0.3, -0.25) is 4.79 Å². The standard InChI is InChI=1S/C14H21N3O2/c15-8-10-3-1-2-4-11(10)19-13-7-12(18)16-14(17-13)9-5-6-9/h7,9-11H,1-6,8,15H2,(H,16,17,18). The van der Waals surface area contributed by atoms with Crippen molar-refractivity contribution in [3.8, 4) is 5.88 Å². The molecule has 2 aliphatic carbocycles. The summed E-state index contributed by atoms with van der Waals surface area (Å²) in [5.41, 5.74) is 5.68. The van der Waals surface area contributed by atoms with Gasteiger partial charge in [-0.05, 0) is 38.6 Å². The zero-order chi connectivity index (χ0) is 13.2. The second kappa shape index (κ2) is 5.33. The quantitative estimate of drug-likeness (QED) is 0.863. The summed E-state index contributed by atoms with van der Waals surface area (Å²) in [4.78, 5) is 18.9. The van der Waals surface area contributed by atoms with Crippen LogP contribution < -0.4 is 16.0 Å². The lowest BCUT2D eigenvalue weighted by molar-refractivity contribution is 0.0917. The van der Waals surface area contributed by atoms with Gasteiger partial charge >= 0.3 is 0 Å². The van der Waals surface area contributed by atoms with E-state index >= 15 is 0 Å². The summed E-state index contributed by atoms with van der Waals surface area (Å²) in [5.74, 6) is 2.06. The van der Waals surface area contributed by atoms with Crippen LogP contribution >= 0.6 is 0 Å². The Bertz CT molecular complexity index is 496. The summed E-state index contributed by atoms with van der Waals surface area (Å²) >= 11 is 0. The van der Waals surface area contributed by atoms with Gasteiger partial charge in [-0.25, -0.2) is 0 Å². The van der Waals surface area contributed by atoms with E-state index in [1.165, 1.54) is 18.9 Å². The van der Waals surface area contributed by atoms with Crippen molar-refractivity contribution >= 4 is 0 Å². The molecule has 19 heavy (non-hydrogen) atoms. The number of H-pyrrole nitrogens is 1. The SMILES string of the molecule is NCC1CCCCC1Oc1cc(=O)[nH]c(C2CC2)n1. The van der Waals surface area contributed by atoms with E-state index < -0.39 is 0 Å². The van der Waals surface area contributed by atoms with Crippen molar-refractivity contribution in [2.75, 3.05) is 6.54 Å². The zero-order valence-electron chi connectivity index (χ0n) is 11.1. The molecule has 0 spiro atoms. The van der Waals surface area contributed by atoms with Crippen LogP contribution in [0.1, 0.15) is 50.3 Å². The molecule has 1 aromatic heterocycles. The first-order chi connectivity index (χ1) is 9.26. The van der Waals surface area contributed by atoms with Gasteiger partial charge in [0.2, 0.25) is 5.88 Å². The number of ether oxygens (including phenoxy) is 1. The summed E-state index contributed by atoms with van der Waals surface area (Å²) in [6.07, 6.45) is 6.84. The number of hydrogen-bond acceptors (Lipinski definition) is 4. The number of nitrogens with zero attached hydrogens (tertiary/aromatic N) is 1. The van der Waals surface area contributed by atoms with Crippen LogP contribution in [0.2, 0.25) is 0 Å². The Kier molecular flexibility index (Phi) is 3.55. The lowest BCUT2D eigenvalue weighted by Crippen LogP contribution is -2.35. The molecule has 3 N–H and O–H groups in total. The Balaban J connectivity index is 1.76. The molecule has 2 aliphatic rings. The molecule has 5 heteroatoms. The molecule has 0 radical (unpaired) electrons. The predicted molar refractivity (Wildman–Crippen MR) is 72.3 cm³/mol. The van der Waals surface area contributed by atoms with E-state index in [2.05, 4.69) is 9.97 Å². The van der Waals surface area contributed by atoms with E-state index in [1.54, 1.807) is 0 Å². The van der Waals surface area contributed by atoms with Crippen LogP contribution in [0.3, 0.4) is 0 Å². The van der Waals surface area contributed by atoms with E-state index in [1.807, 2.05) is 0 Å². The number of hydrogen-bond donors (Lipinski definition) is 2. The topological polar surface area (TPSA) is 81.0 Å². The third-order valence-corrected chi connectivity index (χ3v) is 4.11. The van der Waals surface area contributed by atoms with Crippen molar-refractivity contribution in [3.05, 3.63) is 22.2 Å². The van der Waals surface area contributed by atoms with Crippen molar-refractivity contribution in [2.45, 2.75) is 50.5 Å². The van der Waals surface area contributed by atoms with Crippen molar-refractivity contribution < 1.29 is 4.74 Å². The second-order valence-corrected chi connectivity index (χ2v) is 5.68. The maximum atomic E-state index is 11.6. The first kappa shape index (κ1) is 12.7. The van der Waals surface area contributed by atoms with Crippen LogP contribution in [0, 0.1) is 5.92 Å². The Labute approximate surface area is 112 Å². The van der Waals surface area contributed by atoms with Crippen molar-refractivity contribution in [1.82, 2.24) is 9.97 Å². The van der Waals surface area contributed by atoms with Gasteiger partial charge in [-0.1, -0.05) is 6.42 Å². The van der Waals surface area contributed by atoms with E-state index in [0.717, 1.165) is 31.5 Å². The highest BCUT2D eigenvalue weighted by atomic mass is 16.5. The summed E-state index contributed by atoms with van der Waals surface area (Å²) in [7, 11) is 0. The fourth-order valence-electron chi connectivity index (χ4n) is 2.82. The first-order valence-corrected chi connectivity index (χ1v) is 7.24. The molecule has 5 nitrogen and oxygen atoms in total. The lowest BCUT2D eigenvalue weighted by atomic mass is 9.86. The van der Waals surface area contributed by atoms with Crippen LogP contribution in [0.5, 0.6) is 5.88 Å². The van der Waals surface area contributed by atoms with Gasteiger partial charge < -0.3 is 15.5 Å². The molecule has 0 aliphatic heterocycles. The lowest BCUT2D eigenvalue weighted by Gasteiger charge is -2.30. The van der Waals surface area contributed by atoms with E-state index in [-0.39, 0.29) is 11.7 Å². The van der Waals surface area contributed by atoms with Crippen LogP contribution in [0.4, 0.5) is 0 Å². The number of nitrogens with one attached hydrogen (secondary N) is 1. The Morgan fingerprint density at radius 2 is 2.11 bits per heavy atom. The van der Waals surface area contributed by atoms with E-state index in [9.17, 15) is 4.79 Å². The molecular formula is C14H21N3O2. The van der Waals surface area contributed by atoms with Gasteiger partial charge in [-0.2, -0.15) is 4.98 Å². The van der Waals surface area contributed by atoms with Gasteiger partial charge in [0.05, 0.1) is 6.07 Å². The van der Waals surface area contributed by atoms with Crippen molar-refractivity contribution in [3.63, 3.8) is 0 Å². The Morgan fingerprint density at radius 3 is 2.84 bits per heavy atom. The maximum absolute atomic E-state index is 11.6. The summed E-state index contributed by atoms with van der Waals surface area (Å²) in [5, 5.41) is 0. The molecular weight excluding hydrogens is 242 g/mol. The molecule has 2 saturated carbocycles. The molecule has 1 aromatic rings. The summed E-state index contributed by atoms with van der Waals surface area (Å²) in [6.45, 7) is 0.642. The molecule has 0 amide bonds. The third-order valence-electron chi connectivity index (χ3n) is 4.11. The Hall–Kier alpha value is -1.36. The van der Waals surface area contributed by atoms with Gasteiger partial charge in [0.1, 0.15) is 11.9 Å². The molecule has 2 unspecified atom stereocenters. The van der Waals surface area contributed by atoms with Gasteiger partial charge in [-0.15, -0.1) is 0 Å². The molecule has 104 valence electrons. The van der Waals surface area contributed by atoms with E-state index in [4.69, 9.17) is 10.5 Å². The summed E-state index contributed by atoms with van der Waals surface area (Å²) in [6, 6.07) is 1.45. The number of nitrogens with two attached hydrogens (primary N) is 1. The normalized spacial score (nSPS) is 27.2. The van der Waals surface area contributed by atoms with Gasteiger partial charge in [0.25, 0.3) is 5.56 Å². The average Bonchev–Trinajstić information content (AvgIpc) is 3.23. The minimum absolute atomic E-state index is 0.111.